The average Bonchev–Trinajstić information content (AvgIpc) is 1.84. The van der Waals surface area contributed by atoms with E-state index in [1.165, 1.54) is 6.42 Å². The standard InChI is InChI=1S/C10H25NSi/c1-8-10(5,6)12(7)11-9(2,3)4/h11-12H,8H2,1-7H3. The van der Waals surface area contributed by atoms with Crippen LogP contribution in [0.5, 0.6) is 0 Å². The molecule has 0 heterocycles. The van der Waals surface area contributed by atoms with Crippen molar-refractivity contribution in [1.29, 1.82) is 0 Å². The molecule has 0 saturated carbocycles. The third kappa shape index (κ3) is 4.26. The van der Waals surface area contributed by atoms with E-state index in [1.54, 1.807) is 0 Å². The lowest BCUT2D eigenvalue weighted by molar-refractivity contribution is 0.495. The molecule has 1 atom stereocenters. The summed E-state index contributed by atoms with van der Waals surface area (Å²) >= 11 is 0. The predicted molar refractivity (Wildman–Crippen MR) is 60.2 cm³/mol. The molecule has 0 aliphatic heterocycles. The van der Waals surface area contributed by atoms with Gasteiger partial charge in [-0.05, 0) is 25.8 Å². The molecule has 0 aromatic rings. The molecule has 74 valence electrons. The Labute approximate surface area is 79.6 Å². The summed E-state index contributed by atoms with van der Waals surface area (Å²) in [6.07, 6.45) is 1.28. The third-order valence-corrected chi connectivity index (χ3v) is 6.78. The van der Waals surface area contributed by atoms with Gasteiger partial charge in [0.05, 0.1) is 0 Å². The first kappa shape index (κ1) is 12.2. The highest BCUT2D eigenvalue weighted by Crippen LogP contribution is 2.31. The minimum absolute atomic E-state index is 0.290. The second-order valence-corrected chi connectivity index (χ2v) is 8.75. The van der Waals surface area contributed by atoms with Crippen molar-refractivity contribution < 1.29 is 0 Å². The quantitative estimate of drug-likeness (QED) is 0.670. The van der Waals surface area contributed by atoms with Crippen molar-refractivity contribution in [3.8, 4) is 0 Å². The van der Waals surface area contributed by atoms with Crippen molar-refractivity contribution in [2.45, 2.75) is 65.1 Å². The molecule has 0 radical (unpaired) electrons. The molecule has 0 rings (SSSR count). The van der Waals surface area contributed by atoms with Crippen molar-refractivity contribution in [2.24, 2.45) is 0 Å². The fourth-order valence-corrected chi connectivity index (χ4v) is 3.45. The molecule has 0 aromatic carbocycles. The molecule has 1 unspecified atom stereocenters. The van der Waals surface area contributed by atoms with Crippen LogP contribution in [0.4, 0.5) is 0 Å². The van der Waals surface area contributed by atoms with Crippen LogP contribution in [0, 0.1) is 0 Å². The summed E-state index contributed by atoms with van der Waals surface area (Å²) in [5.74, 6) is 0. The molecule has 2 heteroatoms. The molecule has 0 saturated heterocycles. The number of hydrogen-bond donors (Lipinski definition) is 1. The van der Waals surface area contributed by atoms with Gasteiger partial charge in [-0.25, -0.2) is 0 Å². The van der Waals surface area contributed by atoms with E-state index in [4.69, 9.17) is 0 Å². The predicted octanol–water partition coefficient (Wildman–Crippen LogP) is 2.92. The minimum atomic E-state index is -0.786. The van der Waals surface area contributed by atoms with E-state index in [2.05, 4.69) is 53.1 Å². The fraction of sp³-hybridized carbons (Fsp3) is 1.00. The second kappa shape index (κ2) is 3.92. The highest BCUT2D eigenvalue weighted by Gasteiger charge is 2.28. The number of nitrogens with one attached hydrogen (secondary N) is 1. The summed E-state index contributed by atoms with van der Waals surface area (Å²) in [6, 6.07) is 0. The Morgan fingerprint density at radius 1 is 1.08 bits per heavy atom. The summed E-state index contributed by atoms with van der Waals surface area (Å²) in [4.78, 5) is 3.75. The van der Waals surface area contributed by atoms with Gasteiger partial charge >= 0.3 is 0 Å². The van der Waals surface area contributed by atoms with E-state index in [1.807, 2.05) is 0 Å². The van der Waals surface area contributed by atoms with Crippen molar-refractivity contribution in [1.82, 2.24) is 4.98 Å². The van der Waals surface area contributed by atoms with Crippen molar-refractivity contribution in [2.75, 3.05) is 0 Å². The maximum absolute atomic E-state index is 3.75. The van der Waals surface area contributed by atoms with Gasteiger partial charge in [-0.3, -0.25) is 0 Å². The average molecular weight is 187 g/mol. The maximum Gasteiger partial charge on any atom is 0.111 e. The Morgan fingerprint density at radius 3 is 1.75 bits per heavy atom. The van der Waals surface area contributed by atoms with Gasteiger partial charge in [0.15, 0.2) is 0 Å². The number of hydrogen-bond acceptors (Lipinski definition) is 1. The molecule has 1 N–H and O–H groups in total. The van der Waals surface area contributed by atoms with Crippen LogP contribution >= 0.6 is 0 Å². The van der Waals surface area contributed by atoms with E-state index in [-0.39, 0.29) is 5.54 Å². The zero-order chi connectivity index (χ0) is 9.99. The molecule has 0 aliphatic carbocycles. The summed E-state index contributed by atoms with van der Waals surface area (Å²) in [7, 11) is -0.786. The molecular formula is C10H25NSi. The van der Waals surface area contributed by atoms with Crippen LogP contribution in [0.3, 0.4) is 0 Å². The smallest absolute Gasteiger partial charge is 0.111 e. The van der Waals surface area contributed by atoms with Gasteiger partial charge in [0, 0.05) is 5.54 Å². The van der Waals surface area contributed by atoms with Crippen LogP contribution in [-0.4, -0.2) is 14.5 Å². The van der Waals surface area contributed by atoms with Gasteiger partial charge < -0.3 is 4.98 Å². The van der Waals surface area contributed by atoms with Gasteiger partial charge in [0.25, 0.3) is 0 Å². The molecule has 12 heavy (non-hydrogen) atoms. The number of rotatable bonds is 3. The maximum atomic E-state index is 3.75. The molecule has 0 aromatic heterocycles. The lowest BCUT2D eigenvalue weighted by Gasteiger charge is -2.35. The molecular weight excluding hydrogens is 162 g/mol. The largest absolute Gasteiger partial charge is 0.335 e. The van der Waals surface area contributed by atoms with Crippen LogP contribution in [0.15, 0.2) is 0 Å². The first-order valence-electron chi connectivity index (χ1n) is 4.97. The lowest BCUT2D eigenvalue weighted by Crippen LogP contribution is -2.50. The first-order valence-corrected chi connectivity index (χ1v) is 7.27. The first-order chi connectivity index (χ1) is 5.19. The highest BCUT2D eigenvalue weighted by atomic mass is 28.3. The zero-order valence-corrected chi connectivity index (χ0v) is 10.9. The van der Waals surface area contributed by atoms with Gasteiger partial charge in [0.2, 0.25) is 0 Å². The minimum Gasteiger partial charge on any atom is -0.335 e. The Morgan fingerprint density at radius 2 is 1.50 bits per heavy atom. The Balaban J connectivity index is 4.13. The molecule has 1 nitrogen and oxygen atoms in total. The summed E-state index contributed by atoms with van der Waals surface area (Å²) in [6.45, 7) is 16.2. The second-order valence-electron chi connectivity index (χ2n) is 5.46. The normalized spacial score (nSPS) is 16.2. The Kier molecular flexibility index (Phi) is 3.98. The van der Waals surface area contributed by atoms with E-state index in [9.17, 15) is 0 Å². The van der Waals surface area contributed by atoms with E-state index >= 15 is 0 Å². The van der Waals surface area contributed by atoms with Crippen LogP contribution in [-0.2, 0) is 0 Å². The zero-order valence-electron chi connectivity index (χ0n) is 9.78. The van der Waals surface area contributed by atoms with Gasteiger partial charge in [-0.2, -0.15) is 0 Å². The molecule has 0 amide bonds. The highest BCUT2D eigenvalue weighted by molar-refractivity contribution is 6.58. The summed E-state index contributed by atoms with van der Waals surface area (Å²) in [5.41, 5.74) is 0.290. The molecule has 0 aliphatic rings. The van der Waals surface area contributed by atoms with Gasteiger partial charge in [-0.1, -0.05) is 33.7 Å². The van der Waals surface area contributed by atoms with E-state index in [0.29, 0.717) is 5.04 Å². The molecule has 0 spiro atoms. The monoisotopic (exact) mass is 187 g/mol. The SMILES string of the molecule is CCC(C)(C)[SiH](C)NC(C)(C)C. The third-order valence-electron chi connectivity index (χ3n) is 2.73. The van der Waals surface area contributed by atoms with Crippen molar-refractivity contribution in [3.05, 3.63) is 0 Å². The van der Waals surface area contributed by atoms with Crippen LogP contribution < -0.4 is 4.98 Å². The van der Waals surface area contributed by atoms with Crippen LogP contribution in [0.25, 0.3) is 0 Å². The molecule has 0 bridgehead atoms. The summed E-state index contributed by atoms with van der Waals surface area (Å²) in [5, 5.41) is 0.535. The van der Waals surface area contributed by atoms with Crippen molar-refractivity contribution >= 4 is 8.96 Å². The van der Waals surface area contributed by atoms with Gasteiger partial charge in [-0.15, -0.1) is 0 Å². The van der Waals surface area contributed by atoms with Crippen molar-refractivity contribution in [3.63, 3.8) is 0 Å². The van der Waals surface area contributed by atoms with E-state index in [0.717, 1.165) is 0 Å². The van der Waals surface area contributed by atoms with E-state index < -0.39 is 8.96 Å². The molecule has 0 fully saturated rings. The Bertz CT molecular complexity index is 135. The fourth-order valence-electron chi connectivity index (χ4n) is 1.15. The topological polar surface area (TPSA) is 12.0 Å². The van der Waals surface area contributed by atoms with Crippen LogP contribution in [0.2, 0.25) is 11.6 Å². The van der Waals surface area contributed by atoms with Gasteiger partial charge in [0.1, 0.15) is 8.96 Å². The summed E-state index contributed by atoms with van der Waals surface area (Å²) < 4.78 is 0. The lowest BCUT2D eigenvalue weighted by atomic mass is 10.1. The Hall–Kier alpha value is 0.177. The van der Waals surface area contributed by atoms with Crippen LogP contribution in [0.1, 0.15) is 48.0 Å².